The van der Waals surface area contributed by atoms with Gasteiger partial charge in [0.1, 0.15) is 0 Å². The van der Waals surface area contributed by atoms with E-state index in [-0.39, 0.29) is 12.0 Å². The summed E-state index contributed by atoms with van der Waals surface area (Å²) in [5.74, 6) is 0.373. The second-order valence-corrected chi connectivity index (χ2v) is 4.56. The van der Waals surface area contributed by atoms with Crippen LogP contribution in [0.25, 0.3) is 0 Å². The van der Waals surface area contributed by atoms with Gasteiger partial charge < -0.3 is 10.4 Å². The van der Waals surface area contributed by atoms with Crippen LogP contribution in [-0.4, -0.2) is 48.2 Å². The number of aliphatic hydroxyl groups excluding tert-OH is 1. The van der Waals surface area contributed by atoms with Gasteiger partial charge in [0.2, 0.25) is 5.91 Å². The van der Waals surface area contributed by atoms with Gasteiger partial charge in [0.05, 0.1) is 6.10 Å². The first-order valence-corrected chi connectivity index (χ1v) is 5.35. The molecule has 0 unspecified atom stereocenters. The highest BCUT2D eigenvalue weighted by Crippen LogP contribution is 2.09. The Balaban J connectivity index is 2.19. The fourth-order valence-corrected chi connectivity index (χ4v) is 1.44. The van der Waals surface area contributed by atoms with E-state index in [1.54, 1.807) is 0 Å². The Morgan fingerprint density at radius 1 is 1.60 bits per heavy atom. The third kappa shape index (κ3) is 4.01. The van der Waals surface area contributed by atoms with Crippen LogP contribution in [0.3, 0.4) is 0 Å². The molecule has 0 aromatic rings. The first-order valence-electron chi connectivity index (χ1n) is 5.35. The van der Waals surface area contributed by atoms with Gasteiger partial charge in [0.15, 0.2) is 0 Å². The normalized spacial score (nSPS) is 17.6. The molecule has 1 fully saturated rings. The number of hydrogen-bond acceptors (Lipinski definition) is 3. The van der Waals surface area contributed by atoms with E-state index in [9.17, 15) is 4.79 Å². The molecule has 0 saturated carbocycles. The van der Waals surface area contributed by atoms with Gasteiger partial charge in [-0.1, -0.05) is 20.4 Å². The summed E-state index contributed by atoms with van der Waals surface area (Å²) in [7, 11) is 0. The van der Waals surface area contributed by atoms with E-state index < -0.39 is 0 Å². The van der Waals surface area contributed by atoms with Crippen LogP contribution < -0.4 is 5.32 Å². The van der Waals surface area contributed by atoms with Gasteiger partial charge in [0.25, 0.3) is 0 Å². The molecule has 0 bridgehead atoms. The predicted molar refractivity (Wildman–Crippen MR) is 59.4 cm³/mol. The Morgan fingerprint density at radius 3 is 2.67 bits per heavy atom. The molecule has 0 spiro atoms. The maximum absolute atomic E-state index is 11.5. The van der Waals surface area contributed by atoms with Gasteiger partial charge >= 0.3 is 0 Å². The molecule has 1 heterocycles. The molecule has 1 rings (SSSR count). The molecular formula is C11H20N2O2. The molecule has 0 atom stereocenters. The van der Waals surface area contributed by atoms with Crippen molar-refractivity contribution in [3.05, 3.63) is 12.2 Å². The molecule has 2 N–H and O–H groups in total. The summed E-state index contributed by atoms with van der Waals surface area (Å²) in [5.41, 5.74) is 0.572. The lowest BCUT2D eigenvalue weighted by Gasteiger charge is -2.35. The number of nitrogens with one attached hydrogen (secondary N) is 1. The highest BCUT2D eigenvalue weighted by atomic mass is 16.3. The largest absolute Gasteiger partial charge is 0.390 e. The highest BCUT2D eigenvalue weighted by Gasteiger charge is 2.25. The molecule has 1 aliphatic heterocycles. The molecule has 4 nitrogen and oxygen atoms in total. The maximum atomic E-state index is 11.5. The zero-order valence-corrected chi connectivity index (χ0v) is 9.49. The number of carbonyl (C=O) groups excluding carboxylic acids is 1. The van der Waals surface area contributed by atoms with Crippen LogP contribution in [0.2, 0.25) is 0 Å². The fourth-order valence-electron chi connectivity index (χ4n) is 1.44. The minimum absolute atomic E-state index is 0.0786. The second-order valence-electron chi connectivity index (χ2n) is 4.56. The lowest BCUT2D eigenvalue weighted by atomic mass is 10.1. The quantitative estimate of drug-likeness (QED) is 0.630. The van der Waals surface area contributed by atoms with E-state index in [0.717, 1.165) is 0 Å². The molecule has 0 aromatic carbocycles. The topological polar surface area (TPSA) is 52.6 Å². The summed E-state index contributed by atoms with van der Waals surface area (Å²) >= 11 is 0. The van der Waals surface area contributed by atoms with Crippen LogP contribution in [0.15, 0.2) is 12.2 Å². The number of amides is 1. The summed E-state index contributed by atoms with van der Waals surface area (Å²) in [5, 5.41) is 11.9. The van der Waals surface area contributed by atoms with Crippen molar-refractivity contribution in [2.75, 3.05) is 26.2 Å². The summed E-state index contributed by atoms with van der Waals surface area (Å²) in [4.78, 5) is 13.5. The average molecular weight is 212 g/mol. The molecule has 0 aliphatic carbocycles. The number of likely N-dealkylation sites (tertiary alicyclic amines) is 1. The third-order valence-corrected chi connectivity index (χ3v) is 2.34. The monoisotopic (exact) mass is 212 g/mol. The Bertz CT molecular complexity index is 245. The molecule has 86 valence electrons. The molecular weight excluding hydrogens is 192 g/mol. The van der Waals surface area contributed by atoms with Crippen molar-refractivity contribution in [1.82, 2.24) is 10.2 Å². The van der Waals surface area contributed by atoms with E-state index in [1.165, 1.54) is 0 Å². The van der Waals surface area contributed by atoms with Gasteiger partial charge in [-0.05, 0) is 5.92 Å². The number of hydrogen-bond donors (Lipinski definition) is 2. The van der Waals surface area contributed by atoms with Crippen molar-refractivity contribution in [2.24, 2.45) is 5.92 Å². The number of nitrogens with zero attached hydrogens (tertiary/aromatic N) is 1. The number of aliphatic hydroxyl groups is 1. The Morgan fingerprint density at radius 2 is 2.20 bits per heavy atom. The van der Waals surface area contributed by atoms with E-state index >= 15 is 0 Å². The van der Waals surface area contributed by atoms with Gasteiger partial charge in [-0.3, -0.25) is 9.69 Å². The van der Waals surface area contributed by atoms with Crippen molar-refractivity contribution >= 4 is 5.91 Å². The Labute approximate surface area is 91.0 Å². The van der Waals surface area contributed by atoms with Crippen LogP contribution in [0.1, 0.15) is 13.8 Å². The third-order valence-electron chi connectivity index (χ3n) is 2.34. The predicted octanol–water partition coefficient (Wildman–Crippen LogP) is -0.00870. The first kappa shape index (κ1) is 12.2. The average Bonchev–Trinajstić information content (AvgIpc) is 2.11. The lowest BCUT2D eigenvalue weighted by Crippen LogP contribution is -2.52. The van der Waals surface area contributed by atoms with Crippen LogP contribution >= 0.6 is 0 Å². The van der Waals surface area contributed by atoms with Crippen molar-refractivity contribution in [3.63, 3.8) is 0 Å². The zero-order valence-electron chi connectivity index (χ0n) is 9.49. The summed E-state index contributed by atoms with van der Waals surface area (Å²) in [6.45, 7) is 10.4. The fraction of sp³-hybridized carbons (Fsp3) is 0.727. The number of β-amino-alcohol motifs (C(OH)–C–C–N with tert-alkyl or cyclic N) is 1. The molecule has 1 amide bonds. The van der Waals surface area contributed by atoms with Gasteiger partial charge in [-0.25, -0.2) is 0 Å². The van der Waals surface area contributed by atoms with E-state index in [2.05, 4.69) is 25.7 Å². The number of rotatable bonds is 5. The second kappa shape index (κ2) is 5.28. The Kier molecular flexibility index (Phi) is 4.29. The smallest absolute Gasteiger partial charge is 0.247 e. The van der Waals surface area contributed by atoms with Crippen molar-refractivity contribution < 1.29 is 9.90 Å². The summed E-state index contributed by atoms with van der Waals surface area (Å²) < 4.78 is 0. The van der Waals surface area contributed by atoms with Crippen LogP contribution in [0, 0.1) is 5.92 Å². The molecule has 1 aliphatic rings. The van der Waals surface area contributed by atoms with Crippen LogP contribution in [-0.2, 0) is 4.79 Å². The van der Waals surface area contributed by atoms with Crippen molar-refractivity contribution in [1.29, 1.82) is 0 Å². The minimum Gasteiger partial charge on any atom is -0.390 e. The molecule has 0 aromatic heterocycles. The molecule has 15 heavy (non-hydrogen) atoms. The first-order chi connectivity index (χ1) is 6.99. The van der Waals surface area contributed by atoms with Crippen LogP contribution in [0.4, 0.5) is 0 Å². The minimum atomic E-state index is -0.225. The van der Waals surface area contributed by atoms with Crippen LogP contribution in [0.5, 0.6) is 0 Å². The van der Waals surface area contributed by atoms with Gasteiger partial charge in [0, 0.05) is 31.8 Å². The molecule has 1 saturated heterocycles. The number of carbonyl (C=O) groups is 1. The summed E-state index contributed by atoms with van der Waals surface area (Å²) in [6.07, 6.45) is -0.225. The standard InChI is InChI=1S/C11H20N2O2/c1-8(2)4-12-11(15)9(3)5-13-6-10(14)7-13/h8,10,14H,3-7H2,1-2H3,(H,12,15). The van der Waals surface area contributed by atoms with Gasteiger partial charge in [-0.2, -0.15) is 0 Å². The van der Waals surface area contributed by atoms with E-state index in [4.69, 9.17) is 5.11 Å². The van der Waals surface area contributed by atoms with Crippen molar-refractivity contribution in [3.8, 4) is 0 Å². The molecule has 0 radical (unpaired) electrons. The van der Waals surface area contributed by atoms with E-state index in [1.807, 2.05) is 4.90 Å². The van der Waals surface area contributed by atoms with E-state index in [0.29, 0.717) is 37.7 Å². The van der Waals surface area contributed by atoms with Crippen molar-refractivity contribution in [2.45, 2.75) is 20.0 Å². The maximum Gasteiger partial charge on any atom is 0.247 e. The SMILES string of the molecule is C=C(CN1CC(O)C1)C(=O)NCC(C)C. The zero-order chi connectivity index (χ0) is 11.4. The Hall–Kier alpha value is -0.870. The summed E-state index contributed by atoms with van der Waals surface area (Å²) in [6, 6.07) is 0. The lowest BCUT2D eigenvalue weighted by molar-refractivity contribution is -0.118. The highest BCUT2D eigenvalue weighted by molar-refractivity contribution is 5.93. The molecule has 4 heteroatoms. The van der Waals surface area contributed by atoms with Gasteiger partial charge in [-0.15, -0.1) is 0 Å².